The summed E-state index contributed by atoms with van der Waals surface area (Å²) in [5.41, 5.74) is 7.59. The van der Waals surface area contributed by atoms with E-state index < -0.39 is 0 Å². The predicted octanol–water partition coefficient (Wildman–Crippen LogP) is 2.92. The van der Waals surface area contributed by atoms with Gasteiger partial charge in [-0.2, -0.15) is 0 Å². The fourth-order valence-corrected chi connectivity index (χ4v) is 2.81. The summed E-state index contributed by atoms with van der Waals surface area (Å²) < 4.78 is 1.67. The quantitative estimate of drug-likeness (QED) is 0.673. The van der Waals surface area contributed by atoms with Crippen LogP contribution in [0, 0.1) is 6.92 Å². The molecule has 1 heterocycles. The van der Waals surface area contributed by atoms with Crippen molar-refractivity contribution in [3.05, 3.63) is 58.5 Å². The van der Waals surface area contributed by atoms with Crippen LogP contribution < -0.4 is 11.3 Å². The molecule has 19 heavy (non-hydrogen) atoms. The number of rotatable bonds is 5. The maximum Gasteiger partial charge on any atom is 0.250 e. The second kappa shape index (κ2) is 6.48. The Hall–Kier alpha value is -1.68. The zero-order chi connectivity index (χ0) is 13.7. The van der Waals surface area contributed by atoms with Crippen molar-refractivity contribution < 1.29 is 0 Å². The highest BCUT2D eigenvalue weighted by Crippen LogP contribution is 2.19. The SMILES string of the molecule is Cc1cccc(SCCCn2cc(N)ccc2=O)c1. The standard InChI is InChI=1S/C15H18N2OS/c1-12-4-2-5-14(10-12)19-9-3-8-17-11-13(16)6-7-15(17)18/h2,4-7,10-11H,3,8-9,16H2,1H3. The van der Waals surface area contributed by atoms with E-state index in [0.29, 0.717) is 12.2 Å². The van der Waals surface area contributed by atoms with Crippen LogP contribution in [-0.4, -0.2) is 10.3 Å². The molecule has 1 aromatic carbocycles. The molecule has 4 heteroatoms. The van der Waals surface area contributed by atoms with Gasteiger partial charge in [-0.1, -0.05) is 17.7 Å². The molecule has 0 atom stereocenters. The van der Waals surface area contributed by atoms with Crippen molar-refractivity contribution in [2.24, 2.45) is 0 Å². The Morgan fingerprint density at radius 3 is 2.89 bits per heavy atom. The van der Waals surface area contributed by atoms with Gasteiger partial charge in [-0.15, -0.1) is 11.8 Å². The monoisotopic (exact) mass is 274 g/mol. The molecule has 0 saturated carbocycles. The Balaban J connectivity index is 1.84. The maximum atomic E-state index is 11.6. The average Bonchev–Trinajstić information content (AvgIpc) is 2.39. The number of benzene rings is 1. The van der Waals surface area contributed by atoms with Gasteiger partial charge in [0.25, 0.3) is 5.56 Å². The van der Waals surface area contributed by atoms with Crippen molar-refractivity contribution in [2.75, 3.05) is 11.5 Å². The van der Waals surface area contributed by atoms with Gasteiger partial charge in [0.15, 0.2) is 0 Å². The highest BCUT2D eigenvalue weighted by atomic mass is 32.2. The topological polar surface area (TPSA) is 48.0 Å². The molecular weight excluding hydrogens is 256 g/mol. The van der Waals surface area contributed by atoms with Gasteiger partial charge in [0, 0.05) is 29.4 Å². The molecule has 100 valence electrons. The van der Waals surface area contributed by atoms with Gasteiger partial charge < -0.3 is 10.3 Å². The molecule has 0 aliphatic rings. The number of nitrogen functional groups attached to an aromatic ring is 1. The summed E-state index contributed by atoms with van der Waals surface area (Å²) in [7, 11) is 0. The minimum atomic E-state index is 0.00903. The molecule has 0 spiro atoms. The number of aromatic nitrogens is 1. The molecule has 0 amide bonds. The van der Waals surface area contributed by atoms with Crippen LogP contribution in [0.4, 0.5) is 5.69 Å². The van der Waals surface area contributed by atoms with E-state index in [0.717, 1.165) is 12.2 Å². The lowest BCUT2D eigenvalue weighted by atomic mass is 10.2. The van der Waals surface area contributed by atoms with Crippen molar-refractivity contribution >= 4 is 17.4 Å². The minimum absolute atomic E-state index is 0.00903. The van der Waals surface area contributed by atoms with Gasteiger partial charge in [0.2, 0.25) is 0 Å². The van der Waals surface area contributed by atoms with Crippen molar-refractivity contribution in [1.29, 1.82) is 0 Å². The molecule has 2 aromatic rings. The number of anilines is 1. The Morgan fingerprint density at radius 1 is 1.26 bits per heavy atom. The van der Waals surface area contributed by atoms with Gasteiger partial charge in [0.05, 0.1) is 0 Å². The van der Waals surface area contributed by atoms with E-state index in [1.54, 1.807) is 16.8 Å². The largest absolute Gasteiger partial charge is 0.398 e. The third-order valence-electron chi connectivity index (χ3n) is 2.81. The average molecular weight is 274 g/mol. The van der Waals surface area contributed by atoms with Crippen molar-refractivity contribution in [1.82, 2.24) is 4.57 Å². The van der Waals surface area contributed by atoms with E-state index in [9.17, 15) is 4.79 Å². The van der Waals surface area contributed by atoms with E-state index in [2.05, 4.69) is 31.2 Å². The lowest BCUT2D eigenvalue weighted by molar-refractivity contribution is 0.660. The summed E-state index contributed by atoms with van der Waals surface area (Å²) in [6.45, 7) is 2.80. The molecule has 0 saturated heterocycles. The molecule has 3 nitrogen and oxygen atoms in total. The molecule has 0 fully saturated rings. The summed E-state index contributed by atoms with van der Waals surface area (Å²) in [4.78, 5) is 12.9. The van der Waals surface area contributed by atoms with Crippen LogP contribution in [0.15, 0.2) is 52.3 Å². The minimum Gasteiger partial charge on any atom is -0.398 e. The number of pyridine rings is 1. The van der Waals surface area contributed by atoms with Crippen LogP contribution in [0.3, 0.4) is 0 Å². The lowest BCUT2D eigenvalue weighted by Gasteiger charge is -2.06. The smallest absolute Gasteiger partial charge is 0.250 e. The predicted molar refractivity (Wildman–Crippen MR) is 81.6 cm³/mol. The fourth-order valence-electron chi connectivity index (χ4n) is 1.85. The van der Waals surface area contributed by atoms with Crippen LogP contribution in [0.1, 0.15) is 12.0 Å². The van der Waals surface area contributed by atoms with Gasteiger partial charge in [0.1, 0.15) is 0 Å². The Bertz CT molecular complexity index is 607. The molecule has 0 aliphatic carbocycles. The molecule has 2 N–H and O–H groups in total. The fraction of sp³-hybridized carbons (Fsp3) is 0.267. The summed E-state index contributed by atoms with van der Waals surface area (Å²) in [6, 6.07) is 11.6. The number of nitrogens with two attached hydrogens (primary N) is 1. The lowest BCUT2D eigenvalue weighted by Crippen LogP contribution is -2.19. The second-order valence-electron chi connectivity index (χ2n) is 4.51. The highest BCUT2D eigenvalue weighted by molar-refractivity contribution is 7.99. The Labute approximate surface area is 117 Å². The second-order valence-corrected chi connectivity index (χ2v) is 5.68. The van der Waals surface area contributed by atoms with Crippen molar-refractivity contribution in [2.45, 2.75) is 24.8 Å². The number of hydrogen-bond donors (Lipinski definition) is 1. The van der Waals surface area contributed by atoms with Gasteiger partial charge >= 0.3 is 0 Å². The first-order valence-corrected chi connectivity index (χ1v) is 7.29. The molecule has 0 radical (unpaired) electrons. The van der Waals surface area contributed by atoms with Crippen molar-refractivity contribution in [3.8, 4) is 0 Å². The summed E-state index contributed by atoms with van der Waals surface area (Å²) in [5.74, 6) is 0.991. The third-order valence-corrected chi connectivity index (χ3v) is 3.89. The highest BCUT2D eigenvalue weighted by Gasteiger charge is 1.98. The summed E-state index contributed by atoms with van der Waals surface area (Å²) >= 11 is 1.82. The number of thioether (sulfide) groups is 1. The maximum absolute atomic E-state index is 11.6. The molecule has 0 aliphatic heterocycles. The number of aryl methyl sites for hydroxylation is 2. The van der Waals surface area contributed by atoms with E-state index in [4.69, 9.17) is 5.73 Å². The van der Waals surface area contributed by atoms with Crippen LogP contribution >= 0.6 is 11.8 Å². The Morgan fingerprint density at radius 2 is 2.11 bits per heavy atom. The first-order chi connectivity index (χ1) is 9.15. The first kappa shape index (κ1) is 13.7. The van der Waals surface area contributed by atoms with Crippen molar-refractivity contribution in [3.63, 3.8) is 0 Å². The van der Waals surface area contributed by atoms with E-state index in [1.165, 1.54) is 16.5 Å². The first-order valence-electron chi connectivity index (χ1n) is 6.30. The van der Waals surface area contributed by atoms with Gasteiger partial charge in [-0.05, 0) is 37.3 Å². The molecule has 1 aromatic heterocycles. The normalized spacial score (nSPS) is 10.6. The molecule has 0 unspecified atom stereocenters. The zero-order valence-electron chi connectivity index (χ0n) is 11.0. The number of hydrogen-bond acceptors (Lipinski definition) is 3. The molecular formula is C15H18N2OS. The molecule has 0 bridgehead atoms. The van der Waals surface area contributed by atoms with E-state index >= 15 is 0 Å². The van der Waals surface area contributed by atoms with Crippen LogP contribution in [-0.2, 0) is 6.54 Å². The van der Waals surface area contributed by atoms with Crippen LogP contribution in [0.25, 0.3) is 0 Å². The Kier molecular flexibility index (Phi) is 4.68. The zero-order valence-corrected chi connectivity index (χ0v) is 11.8. The van der Waals surface area contributed by atoms with Crippen LogP contribution in [0.2, 0.25) is 0 Å². The van der Waals surface area contributed by atoms with E-state index in [1.807, 2.05) is 11.8 Å². The van der Waals surface area contributed by atoms with Crippen LogP contribution in [0.5, 0.6) is 0 Å². The van der Waals surface area contributed by atoms with Gasteiger partial charge in [-0.3, -0.25) is 4.79 Å². The third kappa shape index (κ3) is 4.17. The summed E-state index contributed by atoms with van der Waals surface area (Å²) in [5, 5.41) is 0. The van der Waals surface area contributed by atoms with Gasteiger partial charge in [-0.25, -0.2) is 0 Å². The van der Waals surface area contributed by atoms with E-state index in [-0.39, 0.29) is 5.56 Å². The summed E-state index contributed by atoms with van der Waals surface area (Å²) in [6.07, 6.45) is 2.65. The number of nitrogens with zero attached hydrogens (tertiary/aromatic N) is 1. The molecule has 2 rings (SSSR count).